The van der Waals surface area contributed by atoms with Gasteiger partial charge < -0.3 is 5.11 Å². The van der Waals surface area contributed by atoms with Gasteiger partial charge in [-0.25, -0.2) is 0 Å². The first kappa shape index (κ1) is 10.8. The van der Waals surface area contributed by atoms with Gasteiger partial charge in [-0.15, -0.1) is 6.58 Å². The van der Waals surface area contributed by atoms with Crippen molar-refractivity contribution >= 4 is 27.5 Å². The van der Waals surface area contributed by atoms with Crippen molar-refractivity contribution in [3.63, 3.8) is 0 Å². The number of hydrogen-bond acceptors (Lipinski definition) is 1. The zero-order chi connectivity index (χ0) is 9.84. The first-order chi connectivity index (χ1) is 6.16. The van der Waals surface area contributed by atoms with Crippen LogP contribution in [-0.4, -0.2) is 5.11 Å². The van der Waals surface area contributed by atoms with E-state index in [0.717, 1.165) is 10.0 Å². The Morgan fingerprint density at radius 2 is 2.31 bits per heavy atom. The van der Waals surface area contributed by atoms with E-state index in [9.17, 15) is 5.11 Å². The summed E-state index contributed by atoms with van der Waals surface area (Å²) in [6.45, 7) is 3.56. The second-order valence-corrected chi connectivity index (χ2v) is 3.92. The van der Waals surface area contributed by atoms with Gasteiger partial charge in [0, 0.05) is 10.0 Å². The third kappa shape index (κ3) is 2.56. The number of aliphatic hydroxyl groups is 1. The highest BCUT2D eigenvalue weighted by Gasteiger charge is 2.11. The molecule has 3 heteroatoms. The maximum atomic E-state index is 9.65. The predicted molar refractivity (Wildman–Crippen MR) is 58.9 cm³/mol. The quantitative estimate of drug-likeness (QED) is 0.822. The lowest BCUT2D eigenvalue weighted by Crippen LogP contribution is -1.96. The van der Waals surface area contributed by atoms with Crippen LogP contribution in [0.25, 0.3) is 0 Å². The molecule has 1 aromatic rings. The fourth-order valence-electron chi connectivity index (χ4n) is 1.06. The second-order valence-electron chi connectivity index (χ2n) is 2.68. The second kappa shape index (κ2) is 4.80. The van der Waals surface area contributed by atoms with E-state index < -0.39 is 6.10 Å². The summed E-state index contributed by atoms with van der Waals surface area (Å²) < 4.78 is 0.801. The number of halogens is 2. The van der Waals surface area contributed by atoms with E-state index in [1.165, 1.54) is 0 Å². The topological polar surface area (TPSA) is 20.2 Å². The van der Waals surface area contributed by atoms with E-state index in [1.54, 1.807) is 12.1 Å². The van der Waals surface area contributed by atoms with Crippen LogP contribution in [0.3, 0.4) is 0 Å². The van der Waals surface area contributed by atoms with Crippen molar-refractivity contribution in [2.24, 2.45) is 0 Å². The van der Waals surface area contributed by atoms with E-state index in [1.807, 2.05) is 12.1 Å². The Bertz CT molecular complexity index is 312. The molecule has 0 aliphatic heterocycles. The fourth-order valence-corrected chi connectivity index (χ4v) is 1.70. The van der Waals surface area contributed by atoms with Gasteiger partial charge in [0.15, 0.2) is 0 Å². The average Bonchev–Trinajstić information content (AvgIpc) is 2.10. The summed E-state index contributed by atoms with van der Waals surface area (Å²) in [6, 6.07) is 5.49. The van der Waals surface area contributed by atoms with E-state index in [0.29, 0.717) is 11.4 Å². The molecule has 0 spiro atoms. The minimum Gasteiger partial charge on any atom is -0.388 e. The van der Waals surface area contributed by atoms with Crippen molar-refractivity contribution in [2.45, 2.75) is 12.5 Å². The third-order valence-electron chi connectivity index (χ3n) is 1.73. The lowest BCUT2D eigenvalue weighted by molar-refractivity contribution is 0.181. The van der Waals surface area contributed by atoms with E-state index in [4.69, 9.17) is 11.6 Å². The smallest absolute Gasteiger partial charge is 0.0839 e. The first-order valence-electron chi connectivity index (χ1n) is 3.89. The molecule has 0 amide bonds. The zero-order valence-corrected chi connectivity index (χ0v) is 9.35. The molecule has 0 fully saturated rings. The largest absolute Gasteiger partial charge is 0.388 e. The summed E-state index contributed by atoms with van der Waals surface area (Å²) in [5, 5.41) is 10.2. The molecular weight excluding hydrogens is 251 g/mol. The standard InChI is InChI=1S/C10H10BrClO/c1-2-4-9(13)7-5-3-6-8(11)10(7)12/h2-3,5-6,9,13H,1,4H2. The summed E-state index contributed by atoms with van der Waals surface area (Å²) in [5.41, 5.74) is 0.732. The number of hydrogen-bond donors (Lipinski definition) is 1. The molecule has 70 valence electrons. The molecule has 0 saturated heterocycles. The Morgan fingerprint density at radius 1 is 1.62 bits per heavy atom. The molecule has 1 nitrogen and oxygen atoms in total. The Labute approximate surface area is 91.2 Å². The summed E-state index contributed by atoms with van der Waals surface area (Å²) in [7, 11) is 0. The highest BCUT2D eigenvalue weighted by molar-refractivity contribution is 9.10. The van der Waals surface area contributed by atoms with E-state index in [2.05, 4.69) is 22.5 Å². The van der Waals surface area contributed by atoms with Crippen molar-refractivity contribution in [1.29, 1.82) is 0 Å². The number of aliphatic hydroxyl groups excluding tert-OH is 1. The van der Waals surface area contributed by atoms with Crippen molar-refractivity contribution in [3.05, 3.63) is 45.9 Å². The van der Waals surface area contributed by atoms with Crippen LogP contribution in [0.15, 0.2) is 35.3 Å². The molecule has 0 radical (unpaired) electrons. The minimum atomic E-state index is -0.567. The van der Waals surface area contributed by atoms with Crippen LogP contribution in [0.1, 0.15) is 18.1 Å². The van der Waals surface area contributed by atoms with Gasteiger partial charge in [0.2, 0.25) is 0 Å². The molecule has 0 aliphatic carbocycles. The zero-order valence-electron chi connectivity index (χ0n) is 7.00. The summed E-state index contributed by atoms with van der Waals surface area (Å²) in [6.07, 6.45) is 1.61. The van der Waals surface area contributed by atoms with Gasteiger partial charge in [0.1, 0.15) is 0 Å². The maximum Gasteiger partial charge on any atom is 0.0839 e. The Balaban J connectivity index is 3.00. The van der Waals surface area contributed by atoms with Gasteiger partial charge in [-0.2, -0.15) is 0 Å². The summed E-state index contributed by atoms with van der Waals surface area (Å²) >= 11 is 9.28. The molecule has 1 rings (SSSR count). The molecule has 0 heterocycles. The van der Waals surface area contributed by atoms with Gasteiger partial charge >= 0.3 is 0 Å². The van der Waals surface area contributed by atoms with Crippen LogP contribution < -0.4 is 0 Å². The van der Waals surface area contributed by atoms with Crippen LogP contribution in [0.2, 0.25) is 5.02 Å². The third-order valence-corrected chi connectivity index (χ3v) is 3.04. The van der Waals surface area contributed by atoms with Crippen molar-refractivity contribution < 1.29 is 5.11 Å². The van der Waals surface area contributed by atoms with Crippen molar-refractivity contribution in [3.8, 4) is 0 Å². The number of rotatable bonds is 3. The summed E-state index contributed by atoms with van der Waals surface area (Å²) in [4.78, 5) is 0. The van der Waals surface area contributed by atoms with Gasteiger partial charge in [0.05, 0.1) is 11.1 Å². The molecule has 1 atom stereocenters. The van der Waals surface area contributed by atoms with Crippen molar-refractivity contribution in [2.75, 3.05) is 0 Å². The van der Waals surface area contributed by atoms with Crippen molar-refractivity contribution in [1.82, 2.24) is 0 Å². The van der Waals surface area contributed by atoms with E-state index in [-0.39, 0.29) is 0 Å². The normalized spacial score (nSPS) is 12.5. The molecule has 0 bridgehead atoms. The van der Waals surface area contributed by atoms with Crippen LogP contribution in [-0.2, 0) is 0 Å². The molecule has 1 aromatic carbocycles. The van der Waals surface area contributed by atoms with Gasteiger partial charge in [-0.05, 0) is 28.4 Å². The van der Waals surface area contributed by atoms with Gasteiger partial charge in [-0.1, -0.05) is 29.8 Å². The molecule has 0 saturated carbocycles. The summed E-state index contributed by atoms with van der Waals surface area (Å²) in [5.74, 6) is 0. The SMILES string of the molecule is C=CCC(O)c1cccc(Br)c1Cl. The average molecular weight is 262 g/mol. The van der Waals surface area contributed by atoms with Crippen LogP contribution >= 0.6 is 27.5 Å². The molecule has 0 aliphatic rings. The highest BCUT2D eigenvalue weighted by Crippen LogP contribution is 2.31. The van der Waals surface area contributed by atoms with Crippen LogP contribution in [0.5, 0.6) is 0 Å². The monoisotopic (exact) mass is 260 g/mol. The molecule has 0 aromatic heterocycles. The molecule has 13 heavy (non-hydrogen) atoms. The Kier molecular flexibility index (Phi) is 3.97. The van der Waals surface area contributed by atoms with Gasteiger partial charge in [0.25, 0.3) is 0 Å². The van der Waals surface area contributed by atoms with Crippen LogP contribution in [0.4, 0.5) is 0 Å². The number of benzene rings is 1. The van der Waals surface area contributed by atoms with E-state index >= 15 is 0 Å². The molecular formula is C10H10BrClO. The van der Waals surface area contributed by atoms with Crippen LogP contribution in [0, 0.1) is 0 Å². The minimum absolute atomic E-state index is 0.510. The lowest BCUT2D eigenvalue weighted by Gasteiger charge is -2.10. The Hall–Kier alpha value is -0.310. The Morgan fingerprint density at radius 3 is 2.92 bits per heavy atom. The first-order valence-corrected chi connectivity index (χ1v) is 5.06. The maximum absolute atomic E-state index is 9.65. The highest BCUT2D eigenvalue weighted by atomic mass is 79.9. The fraction of sp³-hybridized carbons (Fsp3) is 0.200. The van der Waals surface area contributed by atoms with Gasteiger partial charge in [-0.3, -0.25) is 0 Å². The lowest BCUT2D eigenvalue weighted by atomic mass is 10.1. The molecule has 1 unspecified atom stereocenters. The predicted octanol–water partition coefficient (Wildman–Crippen LogP) is 3.71. The molecule has 1 N–H and O–H groups in total.